The topological polar surface area (TPSA) is 148 Å². The highest BCUT2D eigenvalue weighted by Gasteiger charge is 2.24. The number of fused-ring (bicyclic) bond motifs is 1. The molecular weight excluding hydrogens is 666 g/mol. The molecule has 0 spiro atoms. The molecule has 3 N–H and O–H groups in total. The first-order chi connectivity index (χ1) is 24.0. The highest BCUT2D eigenvalue weighted by molar-refractivity contribution is 5.87. The molecule has 0 saturated carbocycles. The Kier molecular flexibility index (Phi) is 12.2. The van der Waals surface area contributed by atoms with E-state index in [1.165, 1.54) is 37.3 Å². The second-order valence-corrected chi connectivity index (χ2v) is 13.0. The first-order valence-electron chi connectivity index (χ1n) is 16.1. The summed E-state index contributed by atoms with van der Waals surface area (Å²) in [7, 11) is 2.74. The second-order valence-electron chi connectivity index (χ2n) is 13.0. The van der Waals surface area contributed by atoms with Gasteiger partial charge in [0.2, 0.25) is 0 Å². The van der Waals surface area contributed by atoms with Gasteiger partial charge in [-0.25, -0.2) is 14.4 Å². The van der Waals surface area contributed by atoms with Gasteiger partial charge in [-0.3, -0.25) is 10.1 Å². The fourth-order valence-corrected chi connectivity index (χ4v) is 5.36. The van der Waals surface area contributed by atoms with Crippen molar-refractivity contribution >= 4 is 40.3 Å². The van der Waals surface area contributed by atoms with E-state index in [2.05, 4.69) is 20.4 Å². The fourth-order valence-electron chi connectivity index (χ4n) is 5.36. The molecule has 0 bridgehead atoms. The van der Waals surface area contributed by atoms with Crippen LogP contribution in [0.2, 0.25) is 0 Å². The van der Waals surface area contributed by atoms with Crippen molar-refractivity contribution < 1.29 is 42.1 Å². The molecule has 0 aliphatic rings. The summed E-state index contributed by atoms with van der Waals surface area (Å²) in [6.07, 6.45) is 0.120. The highest BCUT2D eigenvalue weighted by Crippen LogP contribution is 2.29. The fraction of sp³-hybridized carbons (Fsp3) is 0.351. The number of nitrogens with one attached hydrogen (secondary N) is 3. The Morgan fingerprint density at radius 3 is 2.37 bits per heavy atom. The van der Waals surface area contributed by atoms with Crippen LogP contribution in [0.15, 0.2) is 71.7 Å². The monoisotopic (exact) mass is 708 g/mol. The van der Waals surface area contributed by atoms with Crippen LogP contribution >= 0.6 is 0 Å². The predicted octanol–water partition coefficient (Wildman–Crippen LogP) is 7.48. The zero-order valence-electron chi connectivity index (χ0n) is 29.5. The molecule has 0 aliphatic heterocycles. The molecular formula is C37H42F2N4O8. The van der Waals surface area contributed by atoms with Crippen LogP contribution in [0.3, 0.4) is 0 Å². The van der Waals surface area contributed by atoms with Gasteiger partial charge in [-0.05, 0) is 86.2 Å². The second kappa shape index (κ2) is 16.4. The Morgan fingerprint density at radius 2 is 1.71 bits per heavy atom. The van der Waals surface area contributed by atoms with Crippen LogP contribution in [-0.4, -0.2) is 61.0 Å². The van der Waals surface area contributed by atoms with Gasteiger partial charge in [0.15, 0.2) is 6.04 Å². The van der Waals surface area contributed by atoms with Crippen molar-refractivity contribution in [2.24, 2.45) is 0 Å². The average molecular weight is 709 g/mol. The molecule has 0 fully saturated rings. The number of rotatable bonds is 12. The summed E-state index contributed by atoms with van der Waals surface area (Å²) in [5.41, 5.74) is 2.33. The number of methoxy groups -OCH3 is 1. The number of carbonyl (C=O) groups excluding carboxylic acids is 3. The summed E-state index contributed by atoms with van der Waals surface area (Å²) in [4.78, 5) is 54.2. The number of carbonyl (C=O) groups is 3. The number of aromatic amines is 1. The summed E-state index contributed by atoms with van der Waals surface area (Å²) in [6.45, 7) is 5.62. The summed E-state index contributed by atoms with van der Waals surface area (Å²) in [5.74, 6) is -0.934. The van der Waals surface area contributed by atoms with Crippen molar-refractivity contribution in [3.05, 3.63) is 99.5 Å². The van der Waals surface area contributed by atoms with Gasteiger partial charge in [0.25, 0.3) is 5.56 Å². The van der Waals surface area contributed by atoms with E-state index in [0.29, 0.717) is 16.6 Å². The van der Waals surface area contributed by atoms with Crippen LogP contribution in [0.4, 0.5) is 29.7 Å². The Balaban J connectivity index is 1.42. The van der Waals surface area contributed by atoms with Gasteiger partial charge in [0, 0.05) is 41.5 Å². The number of aryl methyl sites for hydroxylation is 1. The zero-order chi connectivity index (χ0) is 37.5. The number of amides is 2. The molecule has 4 aromatic rings. The lowest BCUT2D eigenvalue weighted by atomic mass is 9.93. The van der Waals surface area contributed by atoms with Crippen molar-refractivity contribution in [1.29, 1.82) is 0 Å². The number of hydrogen-bond donors (Lipinski definition) is 3. The van der Waals surface area contributed by atoms with Crippen molar-refractivity contribution in [3.8, 4) is 5.75 Å². The van der Waals surface area contributed by atoms with Gasteiger partial charge in [0.05, 0.1) is 20.3 Å². The van der Waals surface area contributed by atoms with Gasteiger partial charge >= 0.3 is 24.8 Å². The van der Waals surface area contributed by atoms with E-state index >= 15 is 0 Å². The molecule has 1 unspecified atom stereocenters. The predicted molar refractivity (Wildman–Crippen MR) is 188 cm³/mol. The van der Waals surface area contributed by atoms with Crippen LogP contribution in [0.5, 0.6) is 5.75 Å². The van der Waals surface area contributed by atoms with E-state index < -0.39 is 36.4 Å². The van der Waals surface area contributed by atoms with Gasteiger partial charge in [-0.1, -0.05) is 31.2 Å². The highest BCUT2D eigenvalue weighted by atomic mass is 19.3. The third-order valence-electron chi connectivity index (χ3n) is 7.78. The van der Waals surface area contributed by atoms with Crippen LogP contribution in [0, 0.1) is 6.92 Å². The molecule has 0 aliphatic carbocycles. The van der Waals surface area contributed by atoms with Crippen LogP contribution in [0.1, 0.15) is 61.9 Å². The first kappa shape index (κ1) is 38.1. The third kappa shape index (κ3) is 10.4. The molecule has 12 nitrogen and oxygen atoms in total. The number of alkyl halides is 2. The van der Waals surface area contributed by atoms with Crippen molar-refractivity contribution in [2.75, 3.05) is 31.4 Å². The summed E-state index contributed by atoms with van der Waals surface area (Å²) < 4.78 is 46.7. The smallest absolute Gasteiger partial charge is 0.411 e. The summed E-state index contributed by atoms with van der Waals surface area (Å²) in [6, 6.07) is 15.7. The van der Waals surface area contributed by atoms with E-state index in [-0.39, 0.29) is 41.6 Å². The largest absolute Gasteiger partial charge is 0.467 e. The van der Waals surface area contributed by atoms with Gasteiger partial charge in [0.1, 0.15) is 11.4 Å². The Morgan fingerprint density at radius 1 is 0.980 bits per heavy atom. The maximum absolute atomic E-state index is 13.1. The Bertz CT molecular complexity index is 1940. The lowest BCUT2D eigenvalue weighted by Crippen LogP contribution is -2.34. The van der Waals surface area contributed by atoms with E-state index in [9.17, 15) is 28.0 Å². The van der Waals surface area contributed by atoms with Crippen molar-refractivity contribution in [3.63, 3.8) is 0 Å². The minimum atomic E-state index is -3.10. The van der Waals surface area contributed by atoms with Crippen molar-refractivity contribution in [2.45, 2.75) is 65.3 Å². The Hall–Kier alpha value is -5.66. The molecule has 1 aromatic heterocycles. The van der Waals surface area contributed by atoms with E-state index in [4.69, 9.17) is 14.2 Å². The number of benzene rings is 3. The minimum Gasteiger partial charge on any atom is -0.467 e. The van der Waals surface area contributed by atoms with Crippen LogP contribution < -0.4 is 20.9 Å². The molecule has 51 heavy (non-hydrogen) atoms. The lowest BCUT2D eigenvalue weighted by Gasteiger charge is -2.25. The number of nitrogens with zero attached hydrogens (tertiary/aromatic N) is 1. The quantitative estimate of drug-likeness (QED) is 0.101. The normalized spacial score (nSPS) is 12.5. The first-order valence-corrected chi connectivity index (χ1v) is 16.1. The number of pyridine rings is 1. The van der Waals surface area contributed by atoms with Crippen molar-refractivity contribution in [1.82, 2.24) is 9.88 Å². The van der Waals surface area contributed by atoms with Gasteiger partial charge < -0.3 is 34.1 Å². The molecule has 2 amide bonds. The molecule has 14 heteroatoms. The third-order valence-corrected chi connectivity index (χ3v) is 7.78. The summed E-state index contributed by atoms with van der Waals surface area (Å²) >= 11 is 0. The van der Waals surface area contributed by atoms with E-state index in [1.54, 1.807) is 57.3 Å². The standard InChI is InChI=1S/C37H42F2N4O8/c1-21-16-24(31(33(45)48-7)41-27-10-8-23-14-15-40-32(44)29(23)18-27)9-12-28(21)22(2)20-49-35(46)42-26-11-13-30(50-34(38)39)25(17-26)19-43(6)36(47)51-37(3,4)5/h8-18,22,31,34,41H,19-20H2,1-7H3,(H,40,44)(H,42,46)/t22-,31?/m0/s1. The number of aromatic nitrogens is 1. The maximum atomic E-state index is 13.1. The number of esters is 1. The number of halogens is 2. The van der Waals surface area contributed by atoms with Gasteiger partial charge in [-0.15, -0.1) is 0 Å². The SMILES string of the molecule is COC(=O)C(Nc1ccc2cc[nH]c(=O)c2c1)c1ccc([C@@H](C)COC(=O)Nc2ccc(OC(F)F)c(CN(C)C(=O)OC(C)(C)C)c2)c(C)c1. The molecule has 1 heterocycles. The molecule has 2 atom stereocenters. The number of H-pyrrole nitrogens is 1. The van der Waals surface area contributed by atoms with E-state index in [1.807, 2.05) is 26.0 Å². The van der Waals surface area contributed by atoms with Gasteiger partial charge in [-0.2, -0.15) is 8.78 Å². The maximum Gasteiger partial charge on any atom is 0.411 e. The molecule has 4 rings (SSSR count). The number of anilines is 2. The number of hydrogen-bond acceptors (Lipinski definition) is 9. The van der Waals surface area contributed by atoms with E-state index in [0.717, 1.165) is 16.5 Å². The molecule has 0 radical (unpaired) electrons. The van der Waals surface area contributed by atoms with Crippen LogP contribution in [-0.2, 0) is 25.5 Å². The number of ether oxygens (including phenoxy) is 4. The zero-order valence-corrected chi connectivity index (χ0v) is 29.5. The molecule has 272 valence electrons. The lowest BCUT2D eigenvalue weighted by molar-refractivity contribution is -0.141. The summed E-state index contributed by atoms with van der Waals surface area (Å²) in [5, 5.41) is 6.99. The molecule has 3 aromatic carbocycles. The Labute approximate surface area is 294 Å². The van der Waals surface area contributed by atoms with Crippen LogP contribution in [0.25, 0.3) is 10.8 Å². The molecule has 0 saturated heterocycles. The minimum absolute atomic E-state index is 0.00283. The average Bonchev–Trinajstić information content (AvgIpc) is 3.06.